The van der Waals surface area contributed by atoms with Crippen LogP contribution in [-0.4, -0.2) is 38.1 Å². The van der Waals surface area contributed by atoms with Gasteiger partial charge in [-0.3, -0.25) is 9.67 Å². The van der Waals surface area contributed by atoms with Gasteiger partial charge in [-0.15, -0.1) is 10.2 Å². The van der Waals surface area contributed by atoms with E-state index >= 15 is 0 Å². The van der Waals surface area contributed by atoms with Crippen molar-refractivity contribution in [1.82, 2.24) is 25.0 Å². The molecule has 0 radical (unpaired) electrons. The third-order valence-electron chi connectivity index (χ3n) is 3.02. The summed E-state index contributed by atoms with van der Waals surface area (Å²) in [6.07, 6.45) is 2.36. The first kappa shape index (κ1) is 10.2. The number of nitrogens with zero attached hydrogens (tertiary/aromatic N) is 5. The van der Waals surface area contributed by atoms with Crippen molar-refractivity contribution in [3.05, 3.63) is 12.0 Å². The van der Waals surface area contributed by atoms with Crippen molar-refractivity contribution in [2.24, 2.45) is 7.05 Å². The van der Waals surface area contributed by atoms with Gasteiger partial charge >= 0.3 is 0 Å². The predicted octanol–water partition coefficient (Wildman–Crippen LogP) is 0.944. The molecule has 0 saturated carbocycles. The van der Waals surface area contributed by atoms with Crippen molar-refractivity contribution in [3.8, 4) is 11.5 Å². The molecule has 0 bridgehead atoms. The molecule has 1 aliphatic heterocycles. The van der Waals surface area contributed by atoms with E-state index in [1.54, 1.807) is 0 Å². The molecule has 0 amide bonds. The molecule has 1 N–H and O–H groups in total. The van der Waals surface area contributed by atoms with Crippen LogP contribution in [0.3, 0.4) is 0 Å². The highest BCUT2D eigenvalue weighted by Crippen LogP contribution is 2.22. The summed E-state index contributed by atoms with van der Waals surface area (Å²) in [4.78, 5) is 2.18. The number of hydrogen-bond acceptors (Lipinski definition) is 4. The lowest BCUT2D eigenvalue weighted by atomic mass is 10.4. The molecule has 1 fully saturated rings. The number of halogens is 1. The molecule has 0 atom stereocenters. The second kappa shape index (κ2) is 3.83. The summed E-state index contributed by atoms with van der Waals surface area (Å²) >= 11 is 0. The molecule has 0 spiro atoms. The lowest BCUT2D eigenvalue weighted by Crippen LogP contribution is -2.21. The molecule has 0 aliphatic carbocycles. The Morgan fingerprint density at radius 3 is 2.71 bits per heavy atom. The minimum absolute atomic E-state index is 0.467. The zero-order valence-electron chi connectivity index (χ0n) is 9.52. The maximum absolute atomic E-state index is 12.9. The number of hydrogen-bond donors (Lipinski definition) is 1. The Hall–Kier alpha value is -1.92. The van der Waals surface area contributed by atoms with Gasteiger partial charge in [0.2, 0.25) is 11.9 Å². The number of rotatable bonds is 2. The number of aromatic nitrogens is 5. The zero-order valence-corrected chi connectivity index (χ0v) is 9.52. The number of nitrogens with one attached hydrogen (secondary N) is 1. The average Bonchev–Trinajstić information content (AvgIpc) is 2.98. The predicted molar refractivity (Wildman–Crippen MR) is 60.0 cm³/mol. The highest BCUT2D eigenvalue weighted by Gasteiger charge is 2.20. The van der Waals surface area contributed by atoms with Crippen molar-refractivity contribution in [2.45, 2.75) is 12.8 Å². The molecule has 3 heterocycles. The van der Waals surface area contributed by atoms with E-state index in [9.17, 15) is 4.39 Å². The Kier molecular flexibility index (Phi) is 2.31. The molecule has 2 aromatic rings. The Labute approximate surface area is 97.5 Å². The van der Waals surface area contributed by atoms with Gasteiger partial charge in [-0.05, 0) is 12.8 Å². The van der Waals surface area contributed by atoms with Gasteiger partial charge in [0.15, 0.2) is 5.82 Å². The lowest BCUT2D eigenvalue weighted by Gasteiger charge is -2.15. The molecule has 1 aliphatic rings. The van der Waals surface area contributed by atoms with Gasteiger partial charge in [0.1, 0.15) is 5.69 Å². The summed E-state index contributed by atoms with van der Waals surface area (Å²) in [6, 6.07) is 1.32. The van der Waals surface area contributed by atoms with Crippen molar-refractivity contribution in [2.75, 3.05) is 18.0 Å². The second-order valence-corrected chi connectivity index (χ2v) is 4.18. The van der Waals surface area contributed by atoms with Gasteiger partial charge < -0.3 is 4.90 Å². The van der Waals surface area contributed by atoms with Crippen LogP contribution in [0.5, 0.6) is 0 Å². The van der Waals surface area contributed by atoms with E-state index in [4.69, 9.17) is 0 Å². The number of H-pyrrole nitrogens is 1. The standard InChI is InChI=1S/C10H13FN6/c1-16-9(7-6-8(11)13-12-7)14-15-10(16)17-4-2-3-5-17/h6H,2-5H2,1H3,(H,12,13). The molecule has 90 valence electrons. The van der Waals surface area contributed by atoms with Crippen molar-refractivity contribution in [1.29, 1.82) is 0 Å². The lowest BCUT2D eigenvalue weighted by molar-refractivity contribution is 0.579. The van der Waals surface area contributed by atoms with Crippen molar-refractivity contribution in [3.63, 3.8) is 0 Å². The first-order valence-corrected chi connectivity index (χ1v) is 5.61. The van der Waals surface area contributed by atoms with Gasteiger partial charge in [0, 0.05) is 26.2 Å². The Balaban J connectivity index is 1.97. The molecule has 2 aromatic heterocycles. The van der Waals surface area contributed by atoms with E-state index in [0.29, 0.717) is 11.5 Å². The fourth-order valence-corrected chi connectivity index (χ4v) is 2.15. The molecule has 7 heteroatoms. The van der Waals surface area contributed by atoms with Gasteiger partial charge in [-0.25, -0.2) is 0 Å². The van der Waals surface area contributed by atoms with Gasteiger partial charge in [0.25, 0.3) is 0 Å². The quantitative estimate of drug-likeness (QED) is 0.843. The molecule has 0 aromatic carbocycles. The Morgan fingerprint density at radius 2 is 2.06 bits per heavy atom. The maximum Gasteiger partial charge on any atom is 0.227 e. The average molecular weight is 236 g/mol. The van der Waals surface area contributed by atoms with Crippen LogP contribution >= 0.6 is 0 Å². The van der Waals surface area contributed by atoms with E-state index in [1.165, 1.54) is 18.9 Å². The summed E-state index contributed by atoms with van der Waals surface area (Å²) < 4.78 is 14.7. The smallest absolute Gasteiger partial charge is 0.227 e. The van der Waals surface area contributed by atoms with Crippen LogP contribution in [0, 0.1) is 5.95 Å². The van der Waals surface area contributed by atoms with Gasteiger partial charge in [-0.2, -0.15) is 9.49 Å². The van der Waals surface area contributed by atoms with Crippen LogP contribution in [0.1, 0.15) is 12.8 Å². The van der Waals surface area contributed by atoms with E-state index in [-0.39, 0.29) is 0 Å². The molecule has 6 nitrogen and oxygen atoms in total. The third kappa shape index (κ3) is 1.67. The van der Waals surface area contributed by atoms with Crippen LogP contribution in [-0.2, 0) is 7.05 Å². The minimum atomic E-state index is -0.467. The fourth-order valence-electron chi connectivity index (χ4n) is 2.15. The fraction of sp³-hybridized carbons (Fsp3) is 0.500. The van der Waals surface area contributed by atoms with Crippen LogP contribution in [0.25, 0.3) is 11.5 Å². The SMILES string of the molecule is Cn1c(-c2cc(F)[nH]n2)nnc1N1CCCC1. The largest absolute Gasteiger partial charge is 0.341 e. The molecule has 1 saturated heterocycles. The number of aromatic amines is 1. The maximum atomic E-state index is 12.9. The van der Waals surface area contributed by atoms with Crippen LogP contribution in [0.2, 0.25) is 0 Å². The molecular formula is C10H13FN6. The van der Waals surface area contributed by atoms with Gasteiger partial charge in [0.05, 0.1) is 0 Å². The highest BCUT2D eigenvalue weighted by atomic mass is 19.1. The van der Waals surface area contributed by atoms with Crippen molar-refractivity contribution >= 4 is 5.95 Å². The van der Waals surface area contributed by atoms with E-state index in [0.717, 1.165) is 19.0 Å². The summed E-state index contributed by atoms with van der Waals surface area (Å²) in [5.41, 5.74) is 0.475. The Morgan fingerprint density at radius 1 is 1.29 bits per heavy atom. The minimum Gasteiger partial charge on any atom is -0.341 e. The van der Waals surface area contributed by atoms with Crippen LogP contribution in [0.4, 0.5) is 10.3 Å². The van der Waals surface area contributed by atoms with Crippen LogP contribution in [0.15, 0.2) is 6.07 Å². The summed E-state index contributed by atoms with van der Waals surface area (Å²) in [7, 11) is 1.87. The zero-order chi connectivity index (χ0) is 11.8. The van der Waals surface area contributed by atoms with Crippen LogP contribution < -0.4 is 4.90 Å². The molecule has 3 rings (SSSR count). The second-order valence-electron chi connectivity index (χ2n) is 4.18. The van der Waals surface area contributed by atoms with E-state index in [1.807, 2.05) is 11.6 Å². The number of anilines is 1. The third-order valence-corrected chi connectivity index (χ3v) is 3.02. The molecule has 0 unspecified atom stereocenters. The summed E-state index contributed by atoms with van der Waals surface area (Å²) in [5.74, 6) is 0.929. The Bertz CT molecular complexity index is 525. The normalized spacial score (nSPS) is 15.8. The molecule has 17 heavy (non-hydrogen) atoms. The van der Waals surface area contributed by atoms with E-state index < -0.39 is 5.95 Å². The monoisotopic (exact) mass is 236 g/mol. The first-order chi connectivity index (χ1) is 8.25. The van der Waals surface area contributed by atoms with Crippen molar-refractivity contribution < 1.29 is 4.39 Å². The van der Waals surface area contributed by atoms with Gasteiger partial charge in [-0.1, -0.05) is 0 Å². The highest BCUT2D eigenvalue weighted by molar-refractivity contribution is 5.52. The first-order valence-electron chi connectivity index (χ1n) is 5.61. The molecular weight excluding hydrogens is 223 g/mol. The topological polar surface area (TPSA) is 62.6 Å². The summed E-state index contributed by atoms with van der Waals surface area (Å²) in [6.45, 7) is 2.00. The summed E-state index contributed by atoms with van der Waals surface area (Å²) in [5, 5.41) is 14.3. The van der Waals surface area contributed by atoms with E-state index in [2.05, 4.69) is 25.3 Å².